The lowest BCUT2D eigenvalue weighted by atomic mass is 10.4. The van der Waals surface area contributed by atoms with Crippen LogP contribution >= 0.6 is 0 Å². The summed E-state index contributed by atoms with van der Waals surface area (Å²) in [6.07, 6.45) is 6.14. The standard InChI is InChI=1S/C6H5N3.C4H9N/c1-2-5-6(7-3-1)9-4-8-5;1-2-4-5-3-1/h1-4H,(H,7,8,9);5H,1-4H2. The van der Waals surface area contributed by atoms with Crippen molar-refractivity contribution in [2.45, 2.75) is 12.8 Å². The first-order valence-electron chi connectivity index (χ1n) is 4.91. The van der Waals surface area contributed by atoms with Gasteiger partial charge in [-0.2, -0.15) is 0 Å². The van der Waals surface area contributed by atoms with Crippen LogP contribution in [0, 0.1) is 0 Å². The van der Waals surface area contributed by atoms with Gasteiger partial charge in [-0.15, -0.1) is 0 Å². The van der Waals surface area contributed by atoms with Crippen LogP contribution in [0.25, 0.3) is 11.2 Å². The molecule has 1 aliphatic heterocycles. The van der Waals surface area contributed by atoms with E-state index in [1.807, 2.05) is 12.1 Å². The molecule has 2 aromatic heterocycles. The quantitative estimate of drug-likeness (QED) is 0.659. The Hall–Kier alpha value is -1.42. The van der Waals surface area contributed by atoms with Crippen molar-refractivity contribution in [3.8, 4) is 0 Å². The molecule has 2 aromatic rings. The number of H-pyrrole nitrogens is 1. The maximum Gasteiger partial charge on any atom is 0.177 e. The second-order valence-electron chi connectivity index (χ2n) is 3.23. The number of imidazole rings is 1. The van der Waals surface area contributed by atoms with Gasteiger partial charge in [-0.3, -0.25) is 0 Å². The van der Waals surface area contributed by atoms with Gasteiger partial charge in [0.25, 0.3) is 0 Å². The van der Waals surface area contributed by atoms with E-state index in [9.17, 15) is 0 Å². The Morgan fingerprint density at radius 2 is 2.00 bits per heavy atom. The predicted octanol–water partition coefficient (Wildman–Crippen LogP) is 1.33. The summed E-state index contributed by atoms with van der Waals surface area (Å²) >= 11 is 0. The van der Waals surface area contributed by atoms with Gasteiger partial charge in [0.15, 0.2) is 5.65 Å². The van der Waals surface area contributed by atoms with E-state index in [0.717, 1.165) is 11.2 Å². The Morgan fingerprint density at radius 1 is 1.14 bits per heavy atom. The summed E-state index contributed by atoms with van der Waals surface area (Å²) < 4.78 is 0. The second-order valence-corrected chi connectivity index (χ2v) is 3.23. The zero-order chi connectivity index (χ0) is 9.64. The molecule has 0 bridgehead atoms. The van der Waals surface area contributed by atoms with Gasteiger partial charge < -0.3 is 10.3 Å². The normalized spacial score (nSPS) is 15.1. The average Bonchev–Trinajstić information content (AvgIpc) is 2.92. The van der Waals surface area contributed by atoms with Crippen LogP contribution in [0.5, 0.6) is 0 Å². The molecule has 1 aliphatic rings. The highest BCUT2D eigenvalue weighted by Crippen LogP contribution is 2.01. The molecule has 4 nitrogen and oxygen atoms in total. The Bertz CT molecular complexity index is 340. The lowest BCUT2D eigenvalue weighted by Gasteiger charge is -1.80. The predicted molar refractivity (Wildman–Crippen MR) is 56.0 cm³/mol. The topological polar surface area (TPSA) is 53.6 Å². The second kappa shape index (κ2) is 4.72. The molecule has 3 heterocycles. The number of pyridine rings is 1. The van der Waals surface area contributed by atoms with E-state index in [0.29, 0.717) is 0 Å². The van der Waals surface area contributed by atoms with Gasteiger partial charge in [-0.05, 0) is 38.1 Å². The third-order valence-corrected chi connectivity index (χ3v) is 2.15. The maximum atomic E-state index is 4.00. The summed E-state index contributed by atoms with van der Waals surface area (Å²) in [5, 5.41) is 3.22. The highest BCUT2D eigenvalue weighted by molar-refractivity contribution is 5.68. The first-order valence-corrected chi connectivity index (χ1v) is 4.91. The smallest absolute Gasteiger partial charge is 0.177 e. The number of fused-ring (bicyclic) bond motifs is 1. The van der Waals surface area contributed by atoms with Gasteiger partial charge in [0, 0.05) is 6.20 Å². The highest BCUT2D eigenvalue weighted by atomic mass is 14.9. The summed E-state index contributed by atoms with van der Waals surface area (Å²) in [4.78, 5) is 10.9. The number of rotatable bonds is 0. The number of nitrogens with zero attached hydrogens (tertiary/aromatic N) is 2. The van der Waals surface area contributed by atoms with Crippen molar-refractivity contribution in [3.63, 3.8) is 0 Å². The fourth-order valence-electron chi connectivity index (χ4n) is 1.40. The Morgan fingerprint density at radius 3 is 2.64 bits per heavy atom. The third-order valence-electron chi connectivity index (χ3n) is 2.15. The van der Waals surface area contributed by atoms with E-state index in [2.05, 4.69) is 20.3 Å². The van der Waals surface area contributed by atoms with Gasteiger partial charge in [0.1, 0.15) is 0 Å². The molecule has 1 fully saturated rings. The molecule has 0 amide bonds. The van der Waals surface area contributed by atoms with Crippen molar-refractivity contribution < 1.29 is 0 Å². The Kier molecular flexibility index (Phi) is 3.08. The molecule has 1 saturated heterocycles. The average molecular weight is 190 g/mol. The monoisotopic (exact) mass is 190 g/mol. The summed E-state index contributed by atoms with van der Waals surface area (Å²) in [5.74, 6) is 0. The van der Waals surface area contributed by atoms with Crippen molar-refractivity contribution in [1.82, 2.24) is 20.3 Å². The van der Waals surface area contributed by atoms with E-state index in [4.69, 9.17) is 0 Å². The van der Waals surface area contributed by atoms with Gasteiger partial charge in [0.2, 0.25) is 0 Å². The van der Waals surface area contributed by atoms with Crippen molar-refractivity contribution in [2.75, 3.05) is 13.1 Å². The maximum absolute atomic E-state index is 4.00. The lowest BCUT2D eigenvalue weighted by molar-refractivity contribution is 0.857. The van der Waals surface area contributed by atoms with Crippen molar-refractivity contribution >= 4 is 11.2 Å². The number of aromatic amines is 1. The van der Waals surface area contributed by atoms with Crippen LogP contribution in [0.3, 0.4) is 0 Å². The summed E-state index contributed by atoms with van der Waals surface area (Å²) in [6, 6.07) is 3.82. The summed E-state index contributed by atoms with van der Waals surface area (Å²) in [5.41, 5.74) is 1.76. The highest BCUT2D eigenvalue weighted by Gasteiger charge is 1.93. The van der Waals surface area contributed by atoms with E-state index in [1.54, 1.807) is 12.5 Å². The van der Waals surface area contributed by atoms with Crippen molar-refractivity contribution in [1.29, 1.82) is 0 Å². The van der Waals surface area contributed by atoms with Gasteiger partial charge in [-0.25, -0.2) is 9.97 Å². The molecule has 0 spiro atoms. The van der Waals surface area contributed by atoms with E-state index in [1.165, 1.54) is 25.9 Å². The Labute approximate surface area is 82.8 Å². The molecule has 2 N–H and O–H groups in total. The van der Waals surface area contributed by atoms with Crippen molar-refractivity contribution in [2.24, 2.45) is 0 Å². The SMILES string of the molecule is C1CCNC1.c1cnc2nc[nH]c2c1. The molecule has 0 radical (unpaired) electrons. The zero-order valence-corrected chi connectivity index (χ0v) is 8.03. The molecule has 3 rings (SSSR count). The van der Waals surface area contributed by atoms with Crippen LogP contribution in [-0.4, -0.2) is 28.0 Å². The molecular weight excluding hydrogens is 176 g/mol. The number of hydrogen-bond donors (Lipinski definition) is 2. The molecule has 0 aromatic carbocycles. The van der Waals surface area contributed by atoms with Gasteiger partial charge in [0.05, 0.1) is 11.8 Å². The molecule has 74 valence electrons. The molecule has 0 atom stereocenters. The molecule has 0 saturated carbocycles. The summed E-state index contributed by atoms with van der Waals surface area (Å²) in [6.45, 7) is 2.50. The van der Waals surface area contributed by atoms with Gasteiger partial charge >= 0.3 is 0 Å². The first-order chi connectivity index (χ1) is 6.97. The number of hydrogen-bond acceptors (Lipinski definition) is 3. The molecule has 0 unspecified atom stereocenters. The van der Waals surface area contributed by atoms with Gasteiger partial charge in [-0.1, -0.05) is 0 Å². The van der Waals surface area contributed by atoms with Crippen LogP contribution in [0.2, 0.25) is 0 Å². The van der Waals surface area contributed by atoms with E-state index < -0.39 is 0 Å². The molecular formula is C10H14N4. The Balaban J connectivity index is 0.000000128. The molecule has 4 heteroatoms. The zero-order valence-electron chi connectivity index (χ0n) is 8.03. The first kappa shape index (κ1) is 9.15. The minimum Gasteiger partial charge on any atom is -0.343 e. The molecule has 14 heavy (non-hydrogen) atoms. The largest absolute Gasteiger partial charge is 0.343 e. The van der Waals surface area contributed by atoms with Crippen LogP contribution in [0.1, 0.15) is 12.8 Å². The summed E-state index contributed by atoms with van der Waals surface area (Å²) in [7, 11) is 0. The third kappa shape index (κ3) is 2.29. The van der Waals surface area contributed by atoms with Crippen LogP contribution in [0.15, 0.2) is 24.7 Å². The fourth-order valence-corrected chi connectivity index (χ4v) is 1.40. The number of aromatic nitrogens is 3. The van der Waals surface area contributed by atoms with Crippen LogP contribution in [0.4, 0.5) is 0 Å². The van der Waals surface area contributed by atoms with Crippen LogP contribution < -0.4 is 5.32 Å². The van der Waals surface area contributed by atoms with E-state index in [-0.39, 0.29) is 0 Å². The molecule has 0 aliphatic carbocycles. The van der Waals surface area contributed by atoms with Crippen molar-refractivity contribution in [3.05, 3.63) is 24.7 Å². The minimum absolute atomic E-state index is 0.775. The van der Waals surface area contributed by atoms with Crippen LogP contribution in [-0.2, 0) is 0 Å². The van der Waals surface area contributed by atoms with E-state index >= 15 is 0 Å². The number of nitrogens with one attached hydrogen (secondary N) is 2. The lowest BCUT2D eigenvalue weighted by Crippen LogP contribution is -2.03. The minimum atomic E-state index is 0.775. The fraction of sp³-hybridized carbons (Fsp3) is 0.400.